The molecular weight excluding hydrogens is 248 g/mol. The molecule has 0 aliphatic carbocycles. The van der Waals surface area contributed by atoms with E-state index in [2.05, 4.69) is 9.47 Å². The molecule has 1 heterocycles. The molecule has 1 aliphatic heterocycles. The van der Waals surface area contributed by atoms with Crippen LogP contribution in [0.5, 0.6) is 11.5 Å². The summed E-state index contributed by atoms with van der Waals surface area (Å²) < 4.78 is 58.4. The molecule has 0 aromatic heterocycles. The Morgan fingerprint density at radius 2 is 1.59 bits per heavy atom. The second-order valence-corrected chi connectivity index (χ2v) is 3.20. The molecule has 0 unspecified atom stereocenters. The normalized spacial score (nSPS) is 19.8. The predicted octanol–water partition coefficient (Wildman–Crippen LogP) is 2.34. The third-order valence-electron chi connectivity index (χ3n) is 2.01. The number of carbonyl (C=O) groups is 1. The summed E-state index contributed by atoms with van der Waals surface area (Å²) >= 11 is 0. The molecule has 17 heavy (non-hydrogen) atoms. The van der Waals surface area contributed by atoms with E-state index in [9.17, 15) is 22.4 Å². The zero-order valence-electron chi connectivity index (χ0n) is 7.92. The van der Waals surface area contributed by atoms with E-state index in [-0.39, 0.29) is 5.56 Å². The number of alkyl halides is 4. The quantitative estimate of drug-likeness (QED) is 0.779. The first-order valence-corrected chi connectivity index (χ1v) is 4.24. The summed E-state index contributed by atoms with van der Waals surface area (Å²) in [5.41, 5.74) is -0.381. The molecule has 0 spiro atoms. The fourth-order valence-corrected chi connectivity index (χ4v) is 1.20. The highest BCUT2D eigenvalue weighted by atomic mass is 19.3. The number of carboxylic acid groups (broad SMARTS) is 1. The van der Waals surface area contributed by atoms with Gasteiger partial charge in [0.05, 0.1) is 5.56 Å². The Balaban J connectivity index is 2.47. The summed E-state index contributed by atoms with van der Waals surface area (Å²) in [7, 11) is 0. The number of fused-ring (bicyclic) bond motifs is 1. The van der Waals surface area contributed by atoms with Gasteiger partial charge in [-0.3, -0.25) is 0 Å². The van der Waals surface area contributed by atoms with Gasteiger partial charge in [-0.25, -0.2) is 4.79 Å². The van der Waals surface area contributed by atoms with Crippen molar-refractivity contribution in [1.82, 2.24) is 0 Å². The van der Waals surface area contributed by atoms with Crippen molar-refractivity contribution in [2.24, 2.45) is 0 Å². The van der Waals surface area contributed by atoms with Crippen LogP contribution in [0.15, 0.2) is 18.2 Å². The number of halogens is 4. The molecule has 0 bridgehead atoms. The third kappa shape index (κ3) is 1.75. The SMILES string of the molecule is O=C(O)c1ccc2c(c1)OC(F)(F)C(F)(F)O2. The minimum atomic E-state index is -4.85. The van der Waals surface area contributed by atoms with Crippen LogP contribution in [0.3, 0.4) is 0 Å². The van der Waals surface area contributed by atoms with Crippen LogP contribution in [0.4, 0.5) is 17.6 Å². The molecule has 0 amide bonds. The summed E-state index contributed by atoms with van der Waals surface area (Å²) in [5.74, 6) is -2.80. The van der Waals surface area contributed by atoms with Crippen LogP contribution in [0.1, 0.15) is 10.4 Å². The van der Waals surface area contributed by atoms with Gasteiger partial charge in [-0.05, 0) is 18.2 Å². The first-order chi connectivity index (χ1) is 7.73. The second-order valence-electron chi connectivity index (χ2n) is 3.20. The second kappa shape index (κ2) is 3.25. The number of ether oxygens (including phenoxy) is 2. The lowest BCUT2D eigenvalue weighted by molar-refractivity contribution is -0.391. The van der Waals surface area contributed by atoms with Gasteiger partial charge in [0.1, 0.15) is 0 Å². The maximum Gasteiger partial charge on any atom is 0.507 e. The van der Waals surface area contributed by atoms with Gasteiger partial charge < -0.3 is 14.6 Å². The van der Waals surface area contributed by atoms with Crippen LogP contribution in [0.2, 0.25) is 0 Å². The maximum atomic E-state index is 12.7. The Hall–Kier alpha value is -1.99. The van der Waals surface area contributed by atoms with E-state index in [0.717, 1.165) is 12.1 Å². The molecule has 92 valence electrons. The highest BCUT2D eigenvalue weighted by molar-refractivity contribution is 5.88. The van der Waals surface area contributed by atoms with Crippen LogP contribution < -0.4 is 9.47 Å². The van der Waals surface area contributed by atoms with Crippen LogP contribution >= 0.6 is 0 Å². The van der Waals surface area contributed by atoms with Crippen LogP contribution in [-0.4, -0.2) is 23.3 Å². The van der Waals surface area contributed by atoms with Gasteiger partial charge in [0.25, 0.3) is 0 Å². The van der Waals surface area contributed by atoms with E-state index < -0.39 is 29.7 Å². The van der Waals surface area contributed by atoms with E-state index in [0.29, 0.717) is 6.07 Å². The zero-order valence-corrected chi connectivity index (χ0v) is 7.92. The molecule has 0 saturated carbocycles. The Kier molecular flexibility index (Phi) is 2.20. The van der Waals surface area contributed by atoms with Gasteiger partial charge >= 0.3 is 18.2 Å². The Morgan fingerprint density at radius 1 is 1.06 bits per heavy atom. The summed E-state index contributed by atoms with van der Waals surface area (Å²) in [6.07, 6.45) is -9.65. The molecule has 0 atom stereocenters. The summed E-state index contributed by atoms with van der Waals surface area (Å²) in [4.78, 5) is 10.5. The number of carboxylic acids is 1. The third-order valence-corrected chi connectivity index (χ3v) is 2.01. The average molecular weight is 252 g/mol. The largest absolute Gasteiger partial charge is 0.507 e. The maximum absolute atomic E-state index is 12.7. The van der Waals surface area contributed by atoms with Gasteiger partial charge in [0.2, 0.25) is 0 Å². The van der Waals surface area contributed by atoms with E-state index >= 15 is 0 Å². The Bertz CT molecular complexity index is 486. The van der Waals surface area contributed by atoms with Crippen LogP contribution in [0, 0.1) is 0 Å². The molecule has 1 aliphatic rings. The molecule has 8 heteroatoms. The lowest BCUT2D eigenvalue weighted by Crippen LogP contribution is -2.52. The number of benzene rings is 1. The molecule has 0 radical (unpaired) electrons. The Labute approximate surface area is 91.4 Å². The van der Waals surface area contributed by atoms with Crippen molar-refractivity contribution in [3.63, 3.8) is 0 Å². The molecular formula is C9H4F4O4. The summed E-state index contributed by atoms with van der Waals surface area (Å²) in [6.45, 7) is 0. The molecule has 1 aromatic rings. The van der Waals surface area contributed by atoms with Crippen molar-refractivity contribution in [2.45, 2.75) is 12.2 Å². The van der Waals surface area contributed by atoms with Gasteiger partial charge in [0.15, 0.2) is 11.5 Å². The van der Waals surface area contributed by atoms with Gasteiger partial charge in [-0.1, -0.05) is 0 Å². The number of hydrogen-bond acceptors (Lipinski definition) is 3. The van der Waals surface area contributed by atoms with E-state index in [4.69, 9.17) is 5.11 Å². The topological polar surface area (TPSA) is 55.8 Å². The highest BCUT2D eigenvalue weighted by Crippen LogP contribution is 2.46. The standard InChI is InChI=1S/C9H4F4O4/c10-8(11)9(12,13)17-6-3-4(7(14)15)1-2-5(6)16-8/h1-3H,(H,14,15). The molecule has 1 N–H and O–H groups in total. The predicted molar refractivity (Wildman–Crippen MR) is 44.6 cm³/mol. The van der Waals surface area contributed by atoms with Crippen LogP contribution in [-0.2, 0) is 0 Å². The number of aromatic carboxylic acids is 1. The molecule has 1 aromatic carbocycles. The van der Waals surface area contributed by atoms with E-state index in [1.54, 1.807) is 0 Å². The summed E-state index contributed by atoms with van der Waals surface area (Å²) in [5, 5.41) is 8.59. The van der Waals surface area contributed by atoms with Crippen molar-refractivity contribution >= 4 is 5.97 Å². The van der Waals surface area contributed by atoms with Gasteiger partial charge in [-0.2, -0.15) is 17.6 Å². The minimum absolute atomic E-state index is 0.381. The fourth-order valence-electron chi connectivity index (χ4n) is 1.20. The van der Waals surface area contributed by atoms with Crippen molar-refractivity contribution in [3.8, 4) is 11.5 Å². The van der Waals surface area contributed by atoms with Gasteiger partial charge in [0, 0.05) is 0 Å². The first kappa shape index (κ1) is 11.5. The fraction of sp³-hybridized carbons (Fsp3) is 0.222. The highest BCUT2D eigenvalue weighted by Gasteiger charge is 2.65. The molecule has 2 rings (SSSR count). The minimum Gasteiger partial charge on any atom is -0.478 e. The number of rotatable bonds is 1. The van der Waals surface area contributed by atoms with E-state index in [1.807, 2.05) is 0 Å². The number of hydrogen-bond donors (Lipinski definition) is 1. The first-order valence-electron chi connectivity index (χ1n) is 4.24. The monoisotopic (exact) mass is 252 g/mol. The molecule has 4 nitrogen and oxygen atoms in total. The molecule has 0 fully saturated rings. The zero-order chi connectivity index (χ0) is 12.8. The van der Waals surface area contributed by atoms with E-state index in [1.165, 1.54) is 0 Å². The molecule has 0 saturated heterocycles. The lowest BCUT2D eigenvalue weighted by atomic mass is 10.2. The Morgan fingerprint density at radius 3 is 2.12 bits per heavy atom. The van der Waals surface area contributed by atoms with Crippen molar-refractivity contribution in [2.75, 3.05) is 0 Å². The van der Waals surface area contributed by atoms with Crippen molar-refractivity contribution in [1.29, 1.82) is 0 Å². The van der Waals surface area contributed by atoms with Gasteiger partial charge in [-0.15, -0.1) is 0 Å². The lowest BCUT2D eigenvalue weighted by Gasteiger charge is -2.31. The van der Waals surface area contributed by atoms with Crippen LogP contribution in [0.25, 0.3) is 0 Å². The summed E-state index contributed by atoms with van der Waals surface area (Å²) in [6, 6.07) is 2.44. The van der Waals surface area contributed by atoms with Crippen molar-refractivity contribution in [3.05, 3.63) is 23.8 Å². The smallest absolute Gasteiger partial charge is 0.478 e. The van der Waals surface area contributed by atoms with Crippen molar-refractivity contribution < 1.29 is 36.9 Å². The average Bonchev–Trinajstić information content (AvgIpc) is 2.17.